The quantitative estimate of drug-likeness (QED) is 0.511. The maximum atomic E-state index is 13.0. The fourth-order valence-corrected chi connectivity index (χ4v) is 3.86. The van der Waals surface area contributed by atoms with E-state index in [1.54, 1.807) is 13.0 Å². The van der Waals surface area contributed by atoms with Gasteiger partial charge in [0.25, 0.3) is 0 Å². The van der Waals surface area contributed by atoms with Gasteiger partial charge in [0.1, 0.15) is 0 Å². The van der Waals surface area contributed by atoms with Crippen molar-refractivity contribution >= 4 is 7.60 Å². The molecule has 1 unspecified atom stereocenters. The molecule has 0 aliphatic carbocycles. The van der Waals surface area contributed by atoms with Crippen LogP contribution in [0.1, 0.15) is 52.9 Å². The average Bonchev–Trinajstić information content (AvgIpc) is 2.72. The molecular formula is C13H26NO4P. The van der Waals surface area contributed by atoms with Crippen LogP contribution in [-0.4, -0.2) is 28.8 Å². The van der Waals surface area contributed by atoms with Gasteiger partial charge in [-0.15, -0.1) is 0 Å². The van der Waals surface area contributed by atoms with Crippen molar-refractivity contribution in [3.8, 4) is 0 Å². The maximum Gasteiger partial charge on any atom is 0.358 e. The molecule has 0 saturated carbocycles. The first-order chi connectivity index (χ1) is 9.00. The molecule has 1 heterocycles. The molecule has 0 spiro atoms. The minimum atomic E-state index is -3.38. The standard InChI is InChI=1S/C13H26NO4P/c1-4-6-11-17-19(16,18-12-7-5-2)13(3)9-8-10-14(13)15/h8,10,15H,4-7,9,11-12H2,1-3H3. The molecule has 1 aliphatic rings. The summed E-state index contributed by atoms with van der Waals surface area (Å²) in [5, 5.41) is 9.87. The summed E-state index contributed by atoms with van der Waals surface area (Å²) < 4.78 is 24.1. The van der Waals surface area contributed by atoms with Crippen LogP contribution in [0.2, 0.25) is 0 Å². The molecule has 1 rings (SSSR count). The SMILES string of the molecule is CCCCOP(=O)(OCCCC)C1(C)CC=CN1O. The Bertz CT molecular complexity index is 334. The fourth-order valence-electron chi connectivity index (χ4n) is 1.84. The second-order valence-electron chi connectivity index (χ2n) is 5.02. The summed E-state index contributed by atoms with van der Waals surface area (Å²) in [6.07, 6.45) is 7.34. The van der Waals surface area contributed by atoms with Crippen LogP contribution in [0.15, 0.2) is 12.3 Å². The van der Waals surface area contributed by atoms with Gasteiger partial charge in [-0.1, -0.05) is 32.8 Å². The van der Waals surface area contributed by atoms with Crippen LogP contribution >= 0.6 is 7.60 Å². The van der Waals surface area contributed by atoms with Gasteiger partial charge < -0.3 is 9.05 Å². The fraction of sp³-hybridized carbons (Fsp3) is 0.846. The lowest BCUT2D eigenvalue weighted by Gasteiger charge is -2.37. The van der Waals surface area contributed by atoms with Crippen LogP contribution in [0.3, 0.4) is 0 Å². The van der Waals surface area contributed by atoms with Crippen molar-refractivity contribution in [3.63, 3.8) is 0 Å². The monoisotopic (exact) mass is 291 g/mol. The Morgan fingerprint density at radius 3 is 2.16 bits per heavy atom. The highest BCUT2D eigenvalue weighted by Crippen LogP contribution is 2.64. The molecule has 0 aromatic carbocycles. The van der Waals surface area contributed by atoms with Gasteiger partial charge in [-0.25, -0.2) is 5.06 Å². The Morgan fingerprint density at radius 2 is 1.79 bits per heavy atom. The summed E-state index contributed by atoms with van der Waals surface area (Å²) in [5.41, 5.74) is 0. The van der Waals surface area contributed by atoms with Crippen molar-refractivity contribution in [1.82, 2.24) is 5.06 Å². The van der Waals surface area contributed by atoms with Crippen molar-refractivity contribution in [2.75, 3.05) is 13.2 Å². The van der Waals surface area contributed by atoms with Gasteiger partial charge >= 0.3 is 7.60 Å². The zero-order chi connectivity index (χ0) is 14.4. The lowest BCUT2D eigenvalue weighted by Crippen LogP contribution is -2.38. The van der Waals surface area contributed by atoms with Crippen molar-refractivity contribution in [2.24, 2.45) is 0 Å². The molecule has 1 aliphatic heterocycles. The van der Waals surface area contributed by atoms with Crippen LogP contribution in [0, 0.1) is 0 Å². The topological polar surface area (TPSA) is 59.0 Å². The molecule has 0 radical (unpaired) electrons. The van der Waals surface area contributed by atoms with E-state index in [-0.39, 0.29) is 0 Å². The highest BCUT2D eigenvalue weighted by molar-refractivity contribution is 7.55. The van der Waals surface area contributed by atoms with E-state index in [2.05, 4.69) is 0 Å². The third kappa shape index (κ3) is 3.82. The first kappa shape index (κ1) is 16.7. The summed E-state index contributed by atoms with van der Waals surface area (Å²) in [5.74, 6) is 0. The van der Waals surface area contributed by atoms with E-state index in [1.807, 2.05) is 13.8 Å². The summed E-state index contributed by atoms with van der Waals surface area (Å²) >= 11 is 0. The van der Waals surface area contributed by atoms with E-state index in [0.29, 0.717) is 19.6 Å². The van der Waals surface area contributed by atoms with E-state index >= 15 is 0 Å². The van der Waals surface area contributed by atoms with Gasteiger partial charge in [0, 0.05) is 12.6 Å². The van der Waals surface area contributed by atoms with Gasteiger partial charge in [-0.05, 0) is 19.8 Å². The van der Waals surface area contributed by atoms with Gasteiger partial charge in [-0.2, -0.15) is 0 Å². The molecule has 0 fully saturated rings. The Hall–Kier alpha value is -0.350. The Morgan fingerprint density at radius 1 is 1.26 bits per heavy atom. The molecule has 1 N–H and O–H groups in total. The minimum Gasteiger partial charge on any atom is -0.307 e. The smallest absolute Gasteiger partial charge is 0.307 e. The van der Waals surface area contributed by atoms with Crippen molar-refractivity contribution in [3.05, 3.63) is 12.3 Å². The first-order valence-corrected chi connectivity index (χ1v) is 8.58. The zero-order valence-electron chi connectivity index (χ0n) is 12.2. The molecule has 5 nitrogen and oxygen atoms in total. The van der Waals surface area contributed by atoms with Crippen LogP contribution in [0.25, 0.3) is 0 Å². The highest BCUT2D eigenvalue weighted by atomic mass is 31.2. The largest absolute Gasteiger partial charge is 0.358 e. The highest BCUT2D eigenvalue weighted by Gasteiger charge is 2.52. The number of unbranched alkanes of at least 4 members (excludes halogenated alkanes) is 2. The van der Waals surface area contributed by atoms with Crippen molar-refractivity contribution in [2.45, 2.75) is 58.2 Å². The van der Waals surface area contributed by atoms with Gasteiger partial charge in [-0.3, -0.25) is 9.77 Å². The predicted molar refractivity (Wildman–Crippen MR) is 75.1 cm³/mol. The molecule has 19 heavy (non-hydrogen) atoms. The lowest BCUT2D eigenvalue weighted by molar-refractivity contribution is -0.0908. The van der Waals surface area contributed by atoms with E-state index in [9.17, 15) is 9.77 Å². The molecular weight excluding hydrogens is 265 g/mol. The minimum absolute atomic E-state index is 0.392. The first-order valence-electron chi connectivity index (χ1n) is 7.04. The Labute approximate surface area is 116 Å². The summed E-state index contributed by atoms with van der Waals surface area (Å²) in [7, 11) is -3.38. The van der Waals surface area contributed by atoms with Crippen LogP contribution in [0.4, 0.5) is 0 Å². The molecule has 0 amide bonds. The number of hydroxylamine groups is 2. The molecule has 0 aromatic rings. The van der Waals surface area contributed by atoms with E-state index in [1.165, 1.54) is 6.20 Å². The molecule has 6 heteroatoms. The molecule has 1 atom stereocenters. The van der Waals surface area contributed by atoms with Crippen LogP contribution in [-0.2, 0) is 13.6 Å². The number of rotatable bonds is 9. The lowest BCUT2D eigenvalue weighted by atomic mass is 10.3. The Balaban J connectivity index is 2.75. The van der Waals surface area contributed by atoms with Crippen LogP contribution < -0.4 is 0 Å². The van der Waals surface area contributed by atoms with Gasteiger partial charge in [0.15, 0.2) is 5.28 Å². The average molecular weight is 291 g/mol. The van der Waals surface area contributed by atoms with Gasteiger partial charge in [0.05, 0.1) is 13.2 Å². The van der Waals surface area contributed by atoms with E-state index in [4.69, 9.17) is 9.05 Å². The molecule has 0 saturated heterocycles. The summed E-state index contributed by atoms with van der Waals surface area (Å²) in [6, 6.07) is 0. The Kier molecular flexibility index (Phi) is 6.54. The number of hydrogen-bond donors (Lipinski definition) is 1. The normalized spacial score (nSPS) is 23.3. The van der Waals surface area contributed by atoms with Crippen LogP contribution in [0.5, 0.6) is 0 Å². The molecule has 112 valence electrons. The number of hydrogen-bond acceptors (Lipinski definition) is 5. The molecule has 0 bridgehead atoms. The third-order valence-corrected chi connectivity index (χ3v) is 5.97. The van der Waals surface area contributed by atoms with E-state index in [0.717, 1.165) is 30.7 Å². The zero-order valence-corrected chi connectivity index (χ0v) is 13.1. The maximum absolute atomic E-state index is 13.0. The molecule has 0 aromatic heterocycles. The summed E-state index contributed by atoms with van der Waals surface area (Å²) in [6.45, 7) is 6.59. The van der Waals surface area contributed by atoms with Crippen molar-refractivity contribution in [1.29, 1.82) is 0 Å². The second-order valence-corrected chi connectivity index (χ2v) is 7.50. The second kappa shape index (κ2) is 7.44. The van der Waals surface area contributed by atoms with E-state index < -0.39 is 12.9 Å². The number of nitrogens with zero attached hydrogens (tertiary/aromatic N) is 1. The van der Waals surface area contributed by atoms with Crippen molar-refractivity contribution < 1.29 is 18.8 Å². The van der Waals surface area contributed by atoms with Gasteiger partial charge in [0.2, 0.25) is 0 Å². The third-order valence-electron chi connectivity index (χ3n) is 3.35. The predicted octanol–water partition coefficient (Wildman–Crippen LogP) is 4.14. The summed E-state index contributed by atoms with van der Waals surface area (Å²) in [4.78, 5) is 0.